The van der Waals surface area contributed by atoms with Gasteiger partial charge in [-0.25, -0.2) is 4.79 Å². The topological polar surface area (TPSA) is 81.0 Å². The minimum atomic E-state index is -0.470. The predicted molar refractivity (Wildman–Crippen MR) is 46.2 cm³/mol. The standard InChI is InChI=1S/C6H9N3O2.ClH/c1-2-11-6(10)5-4(7)3-8-9-5;/h3H,2,7H2,1H3,(H,8,9);1H. The molecule has 0 aliphatic rings. The Morgan fingerprint density at radius 3 is 2.92 bits per heavy atom. The Kier molecular flexibility index (Phi) is 4.14. The molecule has 3 N–H and O–H groups in total. The van der Waals surface area contributed by atoms with Crippen molar-refractivity contribution in [2.75, 3.05) is 12.3 Å². The first kappa shape index (κ1) is 10.8. The summed E-state index contributed by atoms with van der Waals surface area (Å²) in [5.41, 5.74) is 5.90. The van der Waals surface area contributed by atoms with Gasteiger partial charge in [-0.1, -0.05) is 0 Å². The number of esters is 1. The zero-order chi connectivity index (χ0) is 8.27. The van der Waals surface area contributed by atoms with Gasteiger partial charge in [-0.15, -0.1) is 12.4 Å². The Bertz CT molecular complexity index is 261. The lowest BCUT2D eigenvalue weighted by atomic mass is 10.4. The molecule has 0 atom stereocenters. The van der Waals surface area contributed by atoms with Crippen LogP contribution in [0.25, 0.3) is 0 Å². The minimum absolute atomic E-state index is 0. The summed E-state index contributed by atoms with van der Waals surface area (Å²) < 4.78 is 4.68. The van der Waals surface area contributed by atoms with Gasteiger partial charge in [0.2, 0.25) is 0 Å². The molecule has 0 aliphatic carbocycles. The first-order valence-electron chi connectivity index (χ1n) is 3.21. The number of nitrogen functional groups attached to an aromatic ring is 1. The van der Waals surface area contributed by atoms with Crippen molar-refractivity contribution in [1.82, 2.24) is 10.2 Å². The maximum atomic E-state index is 11.0. The number of ether oxygens (including phenoxy) is 1. The van der Waals surface area contributed by atoms with E-state index in [0.717, 1.165) is 0 Å². The number of hydrogen-bond acceptors (Lipinski definition) is 4. The van der Waals surface area contributed by atoms with Gasteiger partial charge in [0.25, 0.3) is 0 Å². The molecule has 0 aromatic carbocycles. The fourth-order valence-electron chi connectivity index (χ4n) is 0.662. The summed E-state index contributed by atoms with van der Waals surface area (Å²) in [7, 11) is 0. The zero-order valence-corrected chi connectivity index (χ0v) is 7.35. The van der Waals surface area contributed by atoms with Crippen LogP contribution in [0, 0.1) is 0 Å². The highest BCUT2D eigenvalue weighted by Gasteiger charge is 2.11. The molecule has 5 nitrogen and oxygen atoms in total. The number of anilines is 1. The van der Waals surface area contributed by atoms with Crippen LogP contribution in [-0.4, -0.2) is 22.8 Å². The summed E-state index contributed by atoms with van der Waals surface area (Å²) >= 11 is 0. The SMILES string of the molecule is CCOC(=O)c1[nH]ncc1N.Cl. The Labute approximate surface area is 75.7 Å². The number of nitrogens with zero attached hydrogens (tertiary/aromatic N) is 1. The Morgan fingerprint density at radius 2 is 2.50 bits per heavy atom. The van der Waals surface area contributed by atoms with Crippen LogP contribution in [0.5, 0.6) is 0 Å². The van der Waals surface area contributed by atoms with Crippen molar-refractivity contribution in [3.63, 3.8) is 0 Å². The van der Waals surface area contributed by atoms with Crippen LogP contribution in [0.2, 0.25) is 0 Å². The van der Waals surface area contributed by atoms with Crippen molar-refractivity contribution >= 4 is 24.1 Å². The minimum Gasteiger partial charge on any atom is -0.461 e. The Morgan fingerprint density at radius 1 is 1.83 bits per heavy atom. The van der Waals surface area contributed by atoms with Crippen LogP contribution in [-0.2, 0) is 4.74 Å². The van der Waals surface area contributed by atoms with Gasteiger partial charge in [-0.2, -0.15) is 5.10 Å². The number of carbonyl (C=O) groups excluding carboxylic acids is 1. The number of aromatic nitrogens is 2. The molecule has 0 unspecified atom stereocenters. The van der Waals surface area contributed by atoms with E-state index in [1.54, 1.807) is 6.92 Å². The summed E-state index contributed by atoms with van der Waals surface area (Å²) in [6.07, 6.45) is 1.37. The molecule has 6 heteroatoms. The van der Waals surface area contributed by atoms with Crippen molar-refractivity contribution in [2.24, 2.45) is 0 Å². The quantitative estimate of drug-likeness (QED) is 0.671. The van der Waals surface area contributed by atoms with Gasteiger partial charge < -0.3 is 10.5 Å². The maximum Gasteiger partial charge on any atom is 0.358 e. The summed E-state index contributed by atoms with van der Waals surface area (Å²) in [5.74, 6) is -0.470. The van der Waals surface area contributed by atoms with E-state index in [2.05, 4.69) is 14.9 Å². The number of hydrogen-bond donors (Lipinski definition) is 2. The van der Waals surface area contributed by atoms with Crippen molar-refractivity contribution in [3.8, 4) is 0 Å². The predicted octanol–water partition coefficient (Wildman–Crippen LogP) is 0.590. The molecule has 0 saturated heterocycles. The number of aromatic amines is 1. The Hall–Kier alpha value is -1.23. The second-order valence-electron chi connectivity index (χ2n) is 1.92. The average Bonchev–Trinajstić information content (AvgIpc) is 2.36. The van der Waals surface area contributed by atoms with E-state index in [1.165, 1.54) is 6.20 Å². The number of halogens is 1. The van der Waals surface area contributed by atoms with Gasteiger partial charge in [0.1, 0.15) is 0 Å². The fraction of sp³-hybridized carbons (Fsp3) is 0.333. The molecule has 0 amide bonds. The van der Waals surface area contributed by atoms with Crippen LogP contribution < -0.4 is 5.73 Å². The number of rotatable bonds is 2. The largest absolute Gasteiger partial charge is 0.461 e. The molecule has 1 aromatic rings. The van der Waals surface area contributed by atoms with E-state index >= 15 is 0 Å². The van der Waals surface area contributed by atoms with Gasteiger partial charge in [-0.05, 0) is 6.92 Å². The van der Waals surface area contributed by atoms with Crippen LogP contribution in [0.15, 0.2) is 6.20 Å². The average molecular weight is 192 g/mol. The molecule has 12 heavy (non-hydrogen) atoms. The number of nitrogens with two attached hydrogens (primary N) is 1. The zero-order valence-electron chi connectivity index (χ0n) is 6.53. The summed E-state index contributed by atoms with van der Waals surface area (Å²) in [4.78, 5) is 11.0. The molecule has 0 fully saturated rings. The number of carbonyl (C=O) groups is 1. The van der Waals surface area contributed by atoms with E-state index < -0.39 is 5.97 Å². The van der Waals surface area contributed by atoms with E-state index in [-0.39, 0.29) is 18.1 Å². The molecule has 0 aliphatic heterocycles. The van der Waals surface area contributed by atoms with E-state index in [1.807, 2.05) is 0 Å². The van der Waals surface area contributed by atoms with Crippen molar-refractivity contribution < 1.29 is 9.53 Å². The molecule has 0 bridgehead atoms. The second-order valence-corrected chi connectivity index (χ2v) is 1.92. The molecule has 0 saturated carbocycles. The molecule has 0 spiro atoms. The fourth-order valence-corrected chi connectivity index (χ4v) is 0.662. The first-order chi connectivity index (χ1) is 5.25. The number of H-pyrrole nitrogens is 1. The van der Waals surface area contributed by atoms with Crippen LogP contribution in [0.1, 0.15) is 17.4 Å². The highest BCUT2D eigenvalue weighted by molar-refractivity contribution is 5.92. The summed E-state index contributed by atoms with van der Waals surface area (Å²) in [6, 6.07) is 0. The lowest BCUT2D eigenvalue weighted by Gasteiger charge is -1.97. The molecular formula is C6H10ClN3O2. The van der Waals surface area contributed by atoms with Gasteiger partial charge in [-0.3, -0.25) is 5.10 Å². The molecular weight excluding hydrogens is 182 g/mol. The molecule has 68 valence electrons. The number of nitrogens with one attached hydrogen (secondary N) is 1. The molecule has 0 radical (unpaired) electrons. The van der Waals surface area contributed by atoms with Crippen molar-refractivity contribution in [2.45, 2.75) is 6.92 Å². The third kappa shape index (κ3) is 2.13. The normalized spacial score (nSPS) is 8.75. The van der Waals surface area contributed by atoms with E-state index in [0.29, 0.717) is 12.3 Å². The van der Waals surface area contributed by atoms with Crippen molar-refractivity contribution in [1.29, 1.82) is 0 Å². The van der Waals surface area contributed by atoms with Gasteiger partial charge in [0.05, 0.1) is 18.5 Å². The third-order valence-electron chi connectivity index (χ3n) is 1.15. The van der Waals surface area contributed by atoms with E-state index in [9.17, 15) is 4.79 Å². The molecule has 1 rings (SSSR count). The molecule has 1 heterocycles. The summed E-state index contributed by atoms with van der Waals surface area (Å²) in [5, 5.41) is 6.01. The lowest BCUT2D eigenvalue weighted by Crippen LogP contribution is -2.07. The summed E-state index contributed by atoms with van der Waals surface area (Å²) in [6.45, 7) is 2.06. The second kappa shape index (κ2) is 4.61. The van der Waals surface area contributed by atoms with Gasteiger partial charge >= 0.3 is 5.97 Å². The lowest BCUT2D eigenvalue weighted by molar-refractivity contribution is 0.0520. The molecule has 1 aromatic heterocycles. The Balaban J connectivity index is 0.00000121. The first-order valence-corrected chi connectivity index (χ1v) is 3.21. The maximum absolute atomic E-state index is 11.0. The monoisotopic (exact) mass is 191 g/mol. The van der Waals surface area contributed by atoms with Crippen LogP contribution in [0.3, 0.4) is 0 Å². The third-order valence-corrected chi connectivity index (χ3v) is 1.15. The van der Waals surface area contributed by atoms with Crippen molar-refractivity contribution in [3.05, 3.63) is 11.9 Å². The van der Waals surface area contributed by atoms with Gasteiger partial charge in [0, 0.05) is 0 Å². The van der Waals surface area contributed by atoms with Crippen LogP contribution in [0.4, 0.5) is 5.69 Å². The smallest absolute Gasteiger partial charge is 0.358 e. The van der Waals surface area contributed by atoms with E-state index in [4.69, 9.17) is 5.73 Å². The van der Waals surface area contributed by atoms with Gasteiger partial charge in [0.15, 0.2) is 5.69 Å². The highest BCUT2D eigenvalue weighted by atomic mass is 35.5. The highest BCUT2D eigenvalue weighted by Crippen LogP contribution is 2.06. The van der Waals surface area contributed by atoms with Crippen LogP contribution >= 0.6 is 12.4 Å².